The van der Waals surface area contributed by atoms with Crippen LogP contribution >= 0.6 is 11.6 Å². The van der Waals surface area contributed by atoms with Crippen molar-refractivity contribution in [1.82, 2.24) is 9.88 Å². The summed E-state index contributed by atoms with van der Waals surface area (Å²) in [6.07, 6.45) is -6.86. The Morgan fingerprint density at radius 2 is 2.05 bits per heavy atom. The molecule has 1 saturated heterocycles. The molecule has 1 aromatic rings. The van der Waals surface area contributed by atoms with E-state index in [1.54, 1.807) is 0 Å². The molecule has 2 heterocycles. The number of carbonyl (C=O) groups is 1. The first-order valence-electron chi connectivity index (χ1n) is 5.59. The fraction of sp³-hybridized carbons (Fsp3) is 0.455. The van der Waals surface area contributed by atoms with E-state index in [4.69, 9.17) is 16.7 Å². The molecular weight excluding hydrogens is 301 g/mol. The Morgan fingerprint density at radius 1 is 1.45 bits per heavy atom. The Bertz CT molecular complexity index is 532. The first kappa shape index (κ1) is 14.9. The van der Waals surface area contributed by atoms with Gasteiger partial charge in [-0.2, -0.15) is 13.2 Å². The smallest absolute Gasteiger partial charge is 0.419 e. The molecule has 1 aliphatic rings. The lowest BCUT2D eigenvalue weighted by molar-refractivity contribution is -0.137. The molecule has 0 radical (unpaired) electrons. The molecule has 1 fully saturated rings. The number of pyridine rings is 1. The largest absolute Gasteiger partial charge is 0.465 e. The van der Waals surface area contributed by atoms with Crippen molar-refractivity contribution in [3.63, 3.8) is 0 Å². The third kappa shape index (κ3) is 2.80. The molecule has 2 N–H and O–H groups in total. The third-order valence-corrected chi connectivity index (χ3v) is 3.39. The maximum atomic E-state index is 12.5. The third-order valence-electron chi connectivity index (χ3n) is 3.11. The first-order chi connectivity index (χ1) is 9.20. The van der Waals surface area contributed by atoms with E-state index in [0.29, 0.717) is 0 Å². The maximum Gasteiger partial charge on any atom is 0.419 e. The number of aliphatic hydroxyl groups excluding tert-OH is 1. The van der Waals surface area contributed by atoms with Crippen molar-refractivity contribution >= 4 is 17.7 Å². The summed E-state index contributed by atoms with van der Waals surface area (Å²) in [6.45, 7) is 0.216. The molecule has 2 rings (SSSR count). The van der Waals surface area contributed by atoms with Crippen LogP contribution in [0.15, 0.2) is 12.1 Å². The highest BCUT2D eigenvalue weighted by Crippen LogP contribution is 2.36. The zero-order valence-electron chi connectivity index (χ0n) is 9.93. The highest BCUT2D eigenvalue weighted by molar-refractivity contribution is 6.30. The molecule has 1 aliphatic heterocycles. The molecule has 1 atom stereocenters. The summed E-state index contributed by atoms with van der Waals surface area (Å²) in [4.78, 5) is 15.2. The van der Waals surface area contributed by atoms with Gasteiger partial charge in [0.25, 0.3) is 0 Å². The molecule has 5 nitrogen and oxygen atoms in total. The van der Waals surface area contributed by atoms with Gasteiger partial charge in [0, 0.05) is 19.0 Å². The number of aliphatic hydroxyl groups is 1. The number of aromatic nitrogens is 1. The van der Waals surface area contributed by atoms with Crippen molar-refractivity contribution in [2.24, 2.45) is 5.92 Å². The Balaban J connectivity index is 2.11. The fourth-order valence-corrected chi connectivity index (χ4v) is 2.20. The summed E-state index contributed by atoms with van der Waals surface area (Å²) in [7, 11) is 0. The number of amides is 1. The predicted octanol–water partition coefficient (Wildman–Crippen LogP) is 2.40. The molecular formula is C11H10ClF3N2O3. The summed E-state index contributed by atoms with van der Waals surface area (Å²) in [5, 5.41) is 17.9. The number of nitrogens with zero attached hydrogens (tertiary/aromatic N) is 2. The zero-order valence-corrected chi connectivity index (χ0v) is 10.7. The van der Waals surface area contributed by atoms with Crippen LogP contribution in [-0.2, 0) is 6.18 Å². The topological polar surface area (TPSA) is 73.7 Å². The SMILES string of the molecule is O=C(O)N1CC(C(O)c2ccc(C(F)(F)F)c(Cl)n2)C1. The van der Waals surface area contributed by atoms with Crippen molar-refractivity contribution in [3.05, 3.63) is 28.5 Å². The quantitative estimate of drug-likeness (QED) is 0.823. The summed E-state index contributed by atoms with van der Waals surface area (Å²) >= 11 is 5.46. The number of alkyl halides is 3. The van der Waals surface area contributed by atoms with Crippen molar-refractivity contribution in [1.29, 1.82) is 0 Å². The van der Waals surface area contributed by atoms with E-state index in [1.165, 1.54) is 0 Å². The molecule has 110 valence electrons. The van der Waals surface area contributed by atoms with Crippen LogP contribution in [0.3, 0.4) is 0 Å². The van der Waals surface area contributed by atoms with E-state index in [1.807, 2.05) is 0 Å². The summed E-state index contributed by atoms with van der Waals surface area (Å²) < 4.78 is 37.5. The lowest BCUT2D eigenvalue weighted by atomic mass is 9.92. The normalized spacial score (nSPS) is 17.8. The monoisotopic (exact) mass is 310 g/mol. The molecule has 0 aliphatic carbocycles. The van der Waals surface area contributed by atoms with Crippen molar-refractivity contribution in [2.75, 3.05) is 13.1 Å². The van der Waals surface area contributed by atoms with Gasteiger partial charge in [-0.15, -0.1) is 0 Å². The Labute approximate surface area is 116 Å². The molecule has 0 bridgehead atoms. The highest BCUT2D eigenvalue weighted by atomic mass is 35.5. The number of halogens is 4. The van der Waals surface area contributed by atoms with Gasteiger partial charge >= 0.3 is 12.3 Å². The van der Waals surface area contributed by atoms with E-state index in [2.05, 4.69) is 4.98 Å². The number of hydrogen-bond donors (Lipinski definition) is 2. The van der Waals surface area contributed by atoms with Gasteiger partial charge in [-0.1, -0.05) is 11.6 Å². The summed E-state index contributed by atoms with van der Waals surface area (Å²) in [6, 6.07) is 1.80. The second-order valence-corrected chi connectivity index (χ2v) is 4.82. The fourth-order valence-electron chi connectivity index (χ4n) is 1.93. The molecule has 0 saturated carbocycles. The standard InChI is InChI=1S/C11H10ClF3N2O3/c12-9-6(11(13,14)15)1-2-7(16-9)8(18)5-3-17(4-5)10(19)20/h1-2,5,8,18H,3-4H2,(H,19,20). The van der Waals surface area contributed by atoms with Gasteiger partial charge < -0.3 is 15.1 Å². The molecule has 20 heavy (non-hydrogen) atoms. The minimum atomic E-state index is -4.61. The molecule has 1 unspecified atom stereocenters. The molecule has 1 amide bonds. The number of carboxylic acid groups (broad SMARTS) is 1. The second-order valence-electron chi connectivity index (χ2n) is 4.46. The van der Waals surface area contributed by atoms with E-state index < -0.39 is 35.0 Å². The number of rotatable bonds is 2. The molecule has 9 heteroatoms. The van der Waals surface area contributed by atoms with Gasteiger partial charge in [-0.25, -0.2) is 9.78 Å². The van der Waals surface area contributed by atoms with Gasteiger partial charge in [0.1, 0.15) is 11.3 Å². The van der Waals surface area contributed by atoms with Crippen LogP contribution in [0.25, 0.3) is 0 Å². The minimum absolute atomic E-state index is 0.00182. The van der Waals surface area contributed by atoms with Crippen LogP contribution in [-0.4, -0.2) is 39.3 Å². The van der Waals surface area contributed by atoms with Crippen LogP contribution in [0.2, 0.25) is 5.15 Å². The van der Waals surface area contributed by atoms with Crippen LogP contribution in [0, 0.1) is 5.92 Å². The van der Waals surface area contributed by atoms with Crippen molar-refractivity contribution in [3.8, 4) is 0 Å². The minimum Gasteiger partial charge on any atom is -0.465 e. The van der Waals surface area contributed by atoms with Crippen LogP contribution in [0.1, 0.15) is 17.4 Å². The molecule has 0 spiro atoms. The van der Waals surface area contributed by atoms with Gasteiger partial charge in [0.05, 0.1) is 11.3 Å². The van der Waals surface area contributed by atoms with Gasteiger partial charge in [0.15, 0.2) is 0 Å². The van der Waals surface area contributed by atoms with E-state index in [0.717, 1.165) is 17.0 Å². The van der Waals surface area contributed by atoms with Crippen molar-refractivity contribution in [2.45, 2.75) is 12.3 Å². The average Bonchev–Trinajstić information content (AvgIpc) is 2.24. The summed E-state index contributed by atoms with van der Waals surface area (Å²) in [5.41, 5.74) is -1.08. The second kappa shape index (κ2) is 5.10. The van der Waals surface area contributed by atoms with Crippen LogP contribution < -0.4 is 0 Å². The summed E-state index contributed by atoms with van der Waals surface area (Å²) in [5.74, 6) is -0.397. The van der Waals surface area contributed by atoms with Crippen molar-refractivity contribution < 1.29 is 28.2 Å². The van der Waals surface area contributed by atoms with Crippen LogP contribution in [0.5, 0.6) is 0 Å². The van der Waals surface area contributed by atoms with E-state index >= 15 is 0 Å². The Morgan fingerprint density at radius 3 is 2.50 bits per heavy atom. The average molecular weight is 311 g/mol. The highest BCUT2D eigenvalue weighted by Gasteiger charge is 2.38. The maximum absolute atomic E-state index is 12.5. The Kier molecular flexibility index (Phi) is 3.79. The van der Waals surface area contributed by atoms with E-state index in [9.17, 15) is 23.1 Å². The lowest BCUT2D eigenvalue weighted by Crippen LogP contribution is -2.51. The number of hydrogen-bond acceptors (Lipinski definition) is 3. The predicted molar refractivity (Wildman–Crippen MR) is 62.3 cm³/mol. The van der Waals surface area contributed by atoms with E-state index in [-0.39, 0.29) is 18.8 Å². The van der Waals surface area contributed by atoms with Crippen LogP contribution in [0.4, 0.5) is 18.0 Å². The first-order valence-corrected chi connectivity index (χ1v) is 5.97. The van der Waals surface area contributed by atoms with Gasteiger partial charge in [-0.3, -0.25) is 0 Å². The zero-order chi connectivity index (χ0) is 15.1. The lowest BCUT2D eigenvalue weighted by Gasteiger charge is -2.39. The molecule has 0 aromatic carbocycles. The van der Waals surface area contributed by atoms with Gasteiger partial charge in [0.2, 0.25) is 0 Å². The van der Waals surface area contributed by atoms with Gasteiger partial charge in [-0.05, 0) is 12.1 Å². The number of likely N-dealkylation sites (tertiary alicyclic amines) is 1. The Hall–Kier alpha value is -1.54. The molecule has 1 aromatic heterocycles.